The number of likely N-dealkylation sites (N-methyl/N-ethyl adjacent to an activating group) is 1. The van der Waals surface area contributed by atoms with E-state index in [0.717, 1.165) is 25.0 Å². The molecule has 0 aliphatic carbocycles. The molecule has 1 aromatic rings. The Morgan fingerprint density at radius 3 is 2.61 bits per heavy atom. The molecule has 1 aliphatic rings. The third-order valence-electron chi connectivity index (χ3n) is 4.29. The predicted octanol–water partition coefficient (Wildman–Crippen LogP) is 1.62. The zero-order chi connectivity index (χ0) is 19.6. The molecule has 158 valence electrons. The number of halogens is 1. The fourth-order valence-corrected chi connectivity index (χ4v) is 2.66. The van der Waals surface area contributed by atoms with Gasteiger partial charge in [0.25, 0.3) is 0 Å². The molecule has 1 aromatic carbocycles. The Hall–Kier alpha value is -1.75. The summed E-state index contributed by atoms with van der Waals surface area (Å²) in [7, 11) is 6.66. The summed E-state index contributed by atoms with van der Waals surface area (Å²) in [6, 6.07) is 5.69. The highest BCUT2D eigenvalue weighted by atomic mass is 127. The molecular weight excluding hydrogens is 475 g/mol. The lowest BCUT2D eigenvalue weighted by Crippen LogP contribution is -2.45. The lowest BCUT2D eigenvalue weighted by Gasteiger charge is -2.17. The molecule has 2 N–H and O–H groups in total. The number of rotatable bonds is 8. The number of ether oxygens (including phenoxy) is 3. The summed E-state index contributed by atoms with van der Waals surface area (Å²) in [5.41, 5.74) is 0.977. The van der Waals surface area contributed by atoms with Gasteiger partial charge in [-0.05, 0) is 30.5 Å². The van der Waals surface area contributed by atoms with Crippen LogP contribution in [0.3, 0.4) is 0 Å². The number of amides is 1. The second-order valence-corrected chi connectivity index (χ2v) is 6.51. The highest BCUT2D eigenvalue weighted by molar-refractivity contribution is 14.0. The maximum atomic E-state index is 11.9. The minimum Gasteiger partial charge on any atom is -0.493 e. The average molecular weight is 506 g/mol. The number of aliphatic imine (C=N–C) groups is 1. The molecular formula is C19H31IN4O4. The molecule has 1 amide bonds. The van der Waals surface area contributed by atoms with Gasteiger partial charge in [-0.1, -0.05) is 6.07 Å². The van der Waals surface area contributed by atoms with E-state index in [9.17, 15) is 4.79 Å². The lowest BCUT2D eigenvalue weighted by atomic mass is 10.2. The number of nitrogens with one attached hydrogen (secondary N) is 2. The third-order valence-corrected chi connectivity index (χ3v) is 4.29. The first-order valence-corrected chi connectivity index (χ1v) is 9.08. The van der Waals surface area contributed by atoms with Crippen LogP contribution in [0.5, 0.6) is 11.5 Å². The number of nitrogens with zero attached hydrogens (tertiary/aromatic N) is 2. The Balaban J connectivity index is 0.00000392. The van der Waals surface area contributed by atoms with Crippen LogP contribution in [0.1, 0.15) is 18.4 Å². The number of methoxy groups -OCH3 is 2. The topological polar surface area (TPSA) is 84.4 Å². The molecule has 1 aliphatic heterocycles. The van der Waals surface area contributed by atoms with Crippen LogP contribution in [0.25, 0.3) is 0 Å². The molecule has 0 aromatic heterocycles. The Bertz CT molecular complexity index is 649. The lowest BCUT2D eigenvalue weighted by molar-refractivity contribution is -0.127. The van der Waals surface area contributed by atoms with Gasteiger partial charge in [-0.15, -0.1) is 24.0 Å². The maximum absolute atomic E-state index is 11.9. The van der Waals surface area contributed by atoms with E-state index in [1.165, 1.54) is 0 Å². The van der Waals surface area contributed by atoms with Crippen molar-refractivity contribution in [1.82, 2.24) is 15.5 Å². The molecule has 2 rings (SSSR count). The molecule has 0 bridgehead atoms. The molecule has 0 spiro atoms. The van der Waals surface area contributed by atoms with E-state index in [1.54, 1.807) is 33.2 Å². The number of guanidine groups is 1. The van der Waals surface area contributed by atoms with Crippen LogP contribution < -0.4 is 20.1 Å². The van der Waals surface area contributed by atoms with E-state index < -0.39 is 0 Å². The fraction of sp³-hybridized carbons (Fsp3) is 0.579. The number of carbonyl (C=O) groups is 1. The maximum Gasteiger partial charge on any atom is 0.241 e. The molecule has 0 radical (unpaired) electrons. The number of hydrogen-bond donors (Lipinski definition) is 2. The van der Waals surface area contributed by atoms with Crippen molar-refractivity contribution >= 4 is 35.8 Å². The summed E-state index contributed by atoms with van der Waals surface area (Å²) in [4.78, 5) is 18.0. The van der Waals surface area contributed by atoms with Crippen LogP contribution in [0.15, 0.2) is 23.2 Å². The number of benzene rings is 1. The first-order chi connectivity index (χ1) is 13.0. The molecule has 1 unspecified atom stereocenters. The van der Waals surface area contributed by atoms with E-state index in [0.29, 0.717) is 30.5 Å². The molecule has 8 nitrogen and oxygen atoms in total. The van der Waals surface area contributed by atoms with Crippen molar-refractivity contribution < 1.29 is 19.0 Å². The second kappa shape index (κ2) is 12.7. The van der Waals surface area contributed by atoms with E-state index in [4.69, 9.17) is 14.2 Å². The largest absolute Gasteiger partial charge is 0.493 e. The SMILES string of the molecule is COc1ccc(CN=C(NCC(=O)N(C)C)NCC2CCCO2)cc1OC.I. The van der Waals surface area contributed by atoms with Gasteiger partial charge in [0.15, 0.2) is 17.5 Å². The minimum atomic E-state index is -0.0206. The summed E-state index contributed by atoms with van der Waals surface area (Å²) in [6.07, 6.45) is 2.30. The average Bonchev–Trinajstić information content (AvgIpc) is 3.20. The zero-order valence-electron chi connectivity index (χ0n) is 17.0. The second-order valence-electron chi connectivity index (χ2n) is 6.51. The summed E-state index contributed by atoms with van der Waals surface area (Å²) in [5, 5.41) is 6.35. The van der Waals surface area contributed by atoms with Crippen molar-refractivity contribution in [3.63, 3.8) is 0 Å². The summed E-state index contributed by atoms with van der Waals surface area (Å²) in [6.45, 7) is 2.08. The van der Waals surface area contributed by atoms with Gasteiger partial charge < -0.3 is 29.7 Å². The Labute approximate surface area is 184 Å². The normalized spacial score (nSPS) is 16.1. The van der Waals surface area contributed by atoms with Crippen molar-refractivity contribution in [2.45, 2.75) is 25.5 Å². The van der Waals surface area contributed by atoms with Crippen molar-refractivity contribution in [2.75, 3.05) is 48.0 Å². The highest BCUT2D eigenvalue weighted by Crippen LogP contribution is 2.27. The van der Waals surface area contributed by atoms with Crippen LogP contribution in [-0.2, 0) is 16.1 Å². The standard InChI is InChI=1S/C19H30N4O4.HI/c1-23(2)18(24)13-22-19(21-12-15-6-5-9-27-15)20-11-14-7-8-16(25-3)17(10-14)26-4;/h7-8,10,15H,5-6,9,11-13H2,1-4H3,(H2,20,21,22);1H. The molecule has 9 heteroatoms. The van der Waals surface area contributed by atoms with Crippen molar-refractivity contribution in [3.05, 3.63) is 23.8 Å². The third kappa shape index (κ3) is 7.70. The van der Waals surface area contributed by atoms with Crippen LogP contribution >= 0.6 is 24.0 Å². The summed E-state index contributed by atoms with van der Waals surface area (Å²) < 4.78 is 16.2. The van der Waals surface area contributed by atoms with Crippen molar-refractivity contribution in [3.8, 4) is 11.5 Å². The predicted molar refractivity (Wildman–Crippen MR) is 120 cm³/mol. The molecule has 1 atom stereocenters. The molecule has 0 saturated carbocycles. The van der Waals surface area contributed by atoms with E-state index in [1.807, 2.05) is 18.2 Å². The molecule has 1 fully saturated rings. The van der Waals surface area contributed by atoms with Crippen molar-refractivity contribution in [2.24, 2.45) is 4.99 Å². The minimum absolute atomic E-state index is 0. The number of hydrogen-bond acceptors (Lipinski definition) is 5. The molecule has 28 heavy (non-hydrogen) atoms. The van der Waals surface area contributed by atoms with E-state index in [-0.39, 0.29) is 42.5 Å². The first-order valence-electron chi connectivity index (χ1n) is 9.08. The van der Waals surface area contributed by atoms with Gasteiger partial charge in [-0.3, -0.25) is 4.79 Å². The monoisotopic (exact) mass is 506 g/mol. The van der Waals surface area contributed by atoms with Gasteiger partial charge in [-0.2, -0.15) is 0 Å². The quantitative estimate of drug-likeness (QED) is 0.317. The van der Waals surface area contributed by atoms with E-state index >= 15 is 0 Å². The first kappa shape index (κ1) is 24.3. The van der Waals surface area contributed by atoms with Gasteiger partial charge in [0.1, 0.15) is 0 Å². The Morgan fingerprint density at radius 2 is 2.00 bits per heavy atom. The summed E-state index contributed by atoms with van der Waals surface area (Å²) >= 11 is 0. The fourth-order valence-electron chi connectivity index (χ4n) is 2.66. The van der Waals surface area contributed by atoms with Crippen molar-refractivity contribution in [1.29, 1.82) is 0 Å². The van der Waals surface area contributed by atoms with Gasteiger partial charge in [0.2, 0.25) is 5.91 Å². The van der Waals surface area contributed by atoms with Crippen LogP contribution in [0.4, 0.5) is 0 Å². The Morgan fingerprint density at radius 1 is 1.25 bits per heavy atom. The van der Waals surface area contributed by atoms with E-state index in [2.05, 4.69) is 15.6 Å². The molecule has 1 saturated heterocycles. The van der Waals surface area contributed by atoms with Crippen LogP contribution in [0, 0.1) is 0 Å². The van der Waals surface area contributed by atoms with Gasteiger partial charge in [0.05, 0.1) is 33.4 Å². The molecule has 1 heterocycles. The smallest absolute Gasteiger partial charge is 0.241 e. The Kier molecular flexibility index (Phi) is 11.0. The zero-order valence-corrected chi connectivity index (χ0v) is 19.3. The summed E-state index contributed by atoms with van der Waals surface area (Å²) in [5.74, 6) is 1.90. The van der Waals surface area contributed by atoms with Gasteiger partial charge in [-0.25, -0.2) is 4.99 Å². The highest BCUT2D eigenvalue weighted by Gasteiger charge is 2.16. The number of carbonyl (C=O) groups excluding carboxylic acids is 1. The van der Waals surface area contributed by atoms with Crippen LogP contribution in [0.2, 0.25) is 0 Å². The van der Waals surface area contributed by atoms with Crippen LogP contribution in [-0.4, -0.2) is 70.9 Å². The van der Waals surface area contributed by atoms with Gasteiger partial charge >= 0.3 is 0 Å². The van der Waals surface area contributed by atoms with Gasteiger partial charge in [0, 0.05) is 27.2 Å².